The van der Waals surface area contributed by atoms with Crippen molar-refractivity contribution in [2.45, 2.75) is 32.0 Å². The highest BCUT2D eigenvalue weighted by Gasteiger charge is 2.30. The predicted molar refractivity (Wildman–Crippen MR) is 112 cm³/mol. The van der Waals surface area contributed by atoms with E-state index in [-0.39, 0.29) is 12.2 Å². The first-order valence-electron chi connectivity index (χ1n) is 10.0. The summed E-state index contributed by atoms with van der Waals surface area (Å²) in [5.41, 5.74) is -0.865. The van der Waals surface area contributed by atoms with E-state index >= 15 is 0 Å². The van der Waals surface area contributed by atoms with Crippen molar-refractivity contribution in [3.05, 3.63) is 64.6 Å². The Morgan fingerprint density at radius 1 is 1.03 bits per heavy atom. The van der Waals surface area contributed by atoms with Crippen LogP contribution in [0.3, 0.4) is 0 Å². The molecule has 0 spiro atoms. The normalized spacial score (nSPS) is 14.6. The molecule has 0 bridgehead atoms. The van der Waals surface area contributed by atoms with Crippen molar-refractivity contribution in [1.82, 2.24) is 9.55 Å². The Labute approximate surface area is 176 Å². The van der Waals surface area contributed by atoms with Gasteiger partial charge in [0.15, 0.2) is 0 Å². The Morgan fingerprint density at radius 3 is 2.52 bits per heavy atom. The number of anilines is 2. The van der Waals surface area contributed by atoms with E-state index in [1.807, 2.05) is 12.1 Å². The molecule has 2 heterocycles. The number of halogens is 3. The van der Waals surface area contributed by atoms with Gasteiger partial charge in [-0.1, -0.05) is 18.2 Å². The summed E-state index contributed by atoms with van der Waals surface area (Å²) in [6.45, 7) is 1.27. The van der Waals surface area contributed by atoms with E-state index in [1.165, 1.54) is 16.7 Å². The third-order valence-corrected chi connectivity index (χ3v) is 5.30. The fraction of sp³-hybridized carbons (Fsp3) is 0.318. The highest BCUT2D eigenvalue weighted by Crippen LogP contribution is 2.30. The van der Waals surface area contributed by atoms with Gasteiger partial charge in [0.05, 0.1) is 11.1 Å². The van der Waals surface area contributed by atoms with Gasteiger partial charge in [-0.05, 0) is 49.6 Å². The molecule has 0 unspecified atom stereocenters. The quantitative estimate of drug-likeness (QED) is 0.678. The minimum Gasteiger partial charge on any atom is -0.356 e. The third kappa shape index (κ3) is 4.55. The molecule has 162 valence electrons. The topological polar surface area (TPSA) is 67.2 Å². The zero-order valence-electron chi connectivity index (χ0n) is 16.7. The lowest BCUT2D eigenvalue weighted by Gasteiger charge is -2.28. The van der Waals surface area contributed by atoms with Crippen molar-refractivity contribution < 1.29 is 18.0 Å². The van der Waals surface area contributed by atoms with E-state index in [2.05, 4.69) is 15.2 Å². The summed E-state index contributed by atoms with van der Waals surface area (Å²) in [5, 5.41) is 3.20. The molecule has 1 aliphatic rings. The molecule has 1 aromatic heterocycles. The lowest BCUT2D eigenvalue weighted by Crippen LogP contribution is -2.35. The van der Waals surface area contributed by atoms with Crippen molar-refractivity contribution >= 4 is 28.3 Å². The van der Waals surface area contributed by atoms with Gasteiger partial charge >= 0.3 is 11.9 Å². The number of piperidine rings is 1. The smallest absolute Gasteiger partial charge is 0.356 e. The standard InChI is InChI=1S/C22H21F3N4O2/c23-22(24,25)15-7-6-8-16(13-15)26-19(30)14-29-18-10-3-2-9-17(18)20(27-21(29)31)28-11-4-1-5-12-28/h2-3,6-10,13H,1,4-5,11-12,14H2,(H,26,30). The summed E-state index contributed by atoms with van der Waals surface area (Å²) in [5.74, 6) is -0.00561. The van der Waals surface area contributed by atoms with Crippen LogP contribution in [0.5, 0.6) is 0 Å². The summed E-state index contributed by atoms with van der Waals surface area (Å²) < 4.78 is 39.9. The van der Waals surface area contributed by atoms with Crippen molar-refractivity contribution in [3.63, 3.8) is 0 Å². The van der Waals surface area contributed by atoms with Crippen LogP contribution in [0.15, 0.2) is 53.3 Å². The Balaban J connectivity index is 1.62. The Morgan fingerprint density at radius 2 is 1.77 bits per heavy atom. The second-order valence-electron chi connectivity index (χ2n) is 7.50. The highest BCUT2D eigenvalue weighted by molar-refractivity contribution is 5.94. The molecule has 3 aromatic rings. The fourth-order valence-electron chi connectivity index (χ4n) is 3.83. The number of nitrogens with zero attached hydrogens (tertiary/aromatic N) is 3. The number of carbonyl (C=O) groups is 1. The summed E-state index contributed by atoms with van der Waals surface area (Å²) in [7, 11) is 0. The Kier molecular flexibility index (Phi) is 5.67. The molecule has 1 amide bonds. The number of amides is 1. The summed E-state index contributed by atoms with van der Waals surface area (Å²) in [4.78, 5) is 31.6. The number of carbonyl (C=O) groups excluding carboxylic acids is 1. The van der Waals surface area contributed by atoms with Crippen LogP contribution in [0.2, 0.25) is 0 Å². The van der Waals surface area contributed by atoms with Gasteiger partial charge in [0, 0.05) is 24.2 Å². The number of benzene rings is 2. The minimum atomic E-state index is -4.51. The third-order valence-electron chi connectivity index (χ3n) is 5.30. The number of hydrogen-bond donors (Lipinski definition) is 1. The summed E-state index contributed by atoms with van der Waals surface area (Å²) in [6, 6.07) is 11.6. The van der Waals surface area contributed by atoms with Gasteiger partial charge in [-0.2, -0.15) is 18.2 Å². The number of aromatic nitrogens is 2. The molecule has 9 heteroatoms. The molecule has 31 heavy (non-hydrogen) atoms. The minimum absolute atomic E-state index is 0.00933. The summed E-state index contributed by atoms with van der Waals surface area (Å²) >= 11 is 0. The molecule has 4 rings (SSSR count). The highest BCUT2D eigenvalue weighted by atomic mass is 19.4. The molecular formula is C22H21F3N4O2. The first-order valence-corrected chi connectivity index (χ1v) is 10.0. The average Bonchev–Trinajstić information content (AvgIpc) is 2.76. The van der Waals surface area contributed by atoms with Crippen LogP contribution in [0.25, 0.3) is 10.9 Å². The van der Waals surface area contributed by atoms with Crippen molar-refractivity contribution in [2.75, 3.05) is 23.3 Å². The lowest BCUT2D eigenvalue weighted by molar-refractivity contribution is -0.137. The first-order chi connectivity index (χ1) is 14.8. The average molecular weight is 430 g/mol. The maximum Gasteiger partial charge on any atom is 0.416 e. The molecule has 1 fully saturated rings. The predicted octanol–water partition coefficient (Wildman–Crippen LogP) is 4.04. The number of para-hydroxylation sites is 1. The van der Waals surface area contributed by atoms with Crippen molar-refractivity contribution in [1.29, 1.82) is 0 Å². The van der Waals surface area contributed by atoms with Crippen molar-refractivity contribution in [2.24, 2.45) is 0 Å². The van der Waals surface area contributed by atoms with Crippen LogP contribution in [0.4, 0.5) is 24.7 Å². The van der Waals surface area contributed by atoms with Gasteiger partial charge in [0.25, 0.3) is 0 Å². The van der Waals surface area contributed by atoms with Crippen molar-refractivity contribution in [3.8, 4) is 0 Å². The molecule has 6 nitrogen and oxygen atoms in total. The van der Waals surface area contributed by atoms with Gasteiger partial charge in [0.2, 0.25) is 5.91 Å². The number of fused-ring (bicyclic) bond motifs is 1. The van der Waals surface area contributed by atoms with E-state index in [1.54, 1.807) is 12.1 Å². The zero-order chi connectivity index (χ0) is 22.0. The first kappa shape index (κ1) is 20.9. The van der Waals surface area contributed by atoms with Crippen LogP contribution >= 0.6 is 0 Å². The van der Waals surface area contributed by atoms with Crippen LogP contribution in [-0.2, 0) is 17.5 Å². The van der Waals surface area contributed by atoms with Gasteiger partial charge in [-0.3, -0.25) is 9.36 Å². The lowest BCUT2D eigenvalue weighted by atomic mass is 10.1. The summed E-state index contributed by atoms with van der Waals surface area (Å²) in [6.07, 6.45) is -1.32. The molecule has 0 radical (unpaired) electrons. The van der Waals surface area contributed by atoms with Crippen LogP contribution in [0.1, 0.15) is 24.8 Å². The molecule has 2 aromatic carbocycles. The molecule has 0 atom stereocenters. The van der Waals surface area contributed by atoms with E-state index < -0.39 is 23.3 Å². The second kappa shape index (κ2) is 8.41. The number of nitrogens with one attached hydrogen (secondary N) is 1. The number of rotatable bonds is 4. The van der Waals surface area contributed by atoms with E-state index in [0.717, 1.165) is 49.9 Å². The zero-order valence-corrected chi connectivity index (χ0v) is 16.7. The molecule has 0 saturated carbocycles. The maximum atomic E-state index is 12.9. The van der Waals surface area contributed by atoms with Gasteiger partial charge in [-0.25, -0.2) is 4.79 Å². The SMILES string of the molecule is O=C(Cn1c(=O)nc(N2CCCCC2)c2ccccc21)Nc1cccc(C(F)(F)F)c1. The molecule has 1 N–H and O–H groups in total. The van der Waals surface area contributed by atoms with Gasteiger partial charge in [-0.15, -0.1) is 0 Å². The monoisotopic (exact) mass is 430 g/mol. The number of hydrogen-bond acceptors (Lipinski definition) is 4. The Bertz CT molecular complexity index is 1170. The maximum absolute atomic E-state index is 12.9. The van der Waals surface area contributed by atoms with Crippen LogP contribution in [0, 0.1) is 0 Å². The van der Waals surface area contributed by atoms with Crippen LogP contribution < -0.4 is 15.9 Å². The molecular weight excluding hydrogens is 409 g/mol. The van der Waals surface area contributed by atoms with Gasteiger partial charge in [0.1, 0.15) is 12.4 Å². The van der Waals surface area contributed by atoms with E-state index in [4.69, 9.17) is 0 Å². The van der Waals surface area contributed by atoms with E-state index in [0.29, 0.717) is 11.3 Å². The van der Waals surface area contributed by atoms with Gasteiger partial charge < -0.3 is 10.2 Å². The van der Waals surface area contributed by atoms with E-state index in [9.17, 15) is 22.8 Å². The molecule has 0 aliphatic carbocycles. The molecule has 1 saturated heterocycles. The second-order valence-corrected chi connectivity index (χ2v) is 7.50. The largest absolute Gasteiger partial charge is 0.416 e. The Hall–Kier alpha value is -3.36. The fourth-order valence-corrected chi connectivity index (χ4v) is 3.83. The molecule has 1 aliphatic heterocycles. The van der Waals surface area contributed by atoms with Crippen LogP contribution in [-0.4, -0.2) is 28.5 Å². The number of alkyl halides is 3.